The number of hydrogen-bond acceptors (Lipinski definition) is 8. The fourth-order valence-corrected chi connectivity index (χ4v) is 4.01. The Bertz CT molecular complexity index is 1130. The first-order valence-electron chi connectivity index (χ1n) is 10.6. The number of hydrogen-bond donors (Lipinski definition) is 0. The van der Waals surface area contributed by atoms with Crippen molar-refractivity contribution in [2.24, 2.45) is 0 Å². The van der Waals surface area contributed by atoms with Gasteiger partial charge >= 0.3 is 0 Å². The lowest BCUT2D eigenvalue weighted by Crippen LogP contribution is -2.39. The summed E-state index contributed by atoms with van der Waals surface area (Å²) in [4.78, 5) is 19.6. The van der Waals surface area contributed by atoms with Gasteiger partial charge in [-0.25, -0.2) is 0 Å². The fraction of sp³-hybridized carbons (Fsp3) is 0.375. The van der Waals surface area contributed by atoms with Gasteiger partial charge in [-0.15, -0.1) is 0 Å². The minimum Gasteiger partial charge on any atom is -0.493 e. The van der Waals surface area contributed by atoms with E-state index >= 15 is 0 Å². The molecule has 174 valence electrons. The van der Waals surface area contributed by atoms with Crippen LogP contribution in [0.2, 0.25) is 0 Å². The van der Waals surface area contributed by atoms with E-state index in [9.17, 15) is 4.79 Å². The summed E-state index contributed by atoms with van der Waals surface area (Å²) in [6, 6.07) is 10.6. The van der Waals surface area contributed by atoms with Gasteiger partial charge in [0.1, 0.15) is 0 Å². The first-order valence-corrected chi connectivity index (χ1v) is 10.6. The smallest absolute Gasteiger partial charge is 0.254 e. The van der Waals surface area contributed by atoms with Crippen LogP contribution < -0.4 is 18.9 Å². The normalized spacial score (nSPS) is 15.8. The van der Waals surface area contributed by atoms with Gasteiger partial charge < -0.3 is 28.4 Å². The summed E-state index contributed by atoms with van der Waals surface area (Å²) in [7, 11) is 6.28. The van der Waals surface area contributed by atoms with E-state index < -0.39 is 0 Å². The summed E-state index contributed by atoms with van der Waals surface area (Å²) < 4.78 is 26.8. The summed E-state index contributed by atoms with van der Waals surface area (Å²) in [6.45, 7) is 1.17. The molecule has 0 bridgehead atoms. The maximum Gasteiger partial charge on any atom is 0.254 e. The Morgan fingerprint density at radius 2 is 1.61 bits per heavy atom. The molecular weight excluding hydrogens is 426 g/mol. The quantitative estimate of drug-likeness (QED) is 0.533. The van der Waals surface area contributed by atoms with Gasteiger partial charge in [0.05, 0.1) is 34.4 Å². The molecule has 9 nitrogen and oxygen atoms in total. The Balaban J connectivity index is 1.50. The van der Waals surface area contributed by atoms with Gasteiger partial charge in [-0.3, -0.25) is 4.79 Å². The maximum atomic E-state index is 13.1. The minimum absolute atomic E-state index is 0.0377. The van der Waals surface area contributed by atoms with Gasteiger partial charge in [-0.05, 0) is 49.2 Å². The molecule has 9 heteroatoms. The number of carbonyl (C=O) groups excluding carboxylic acids is 1. The van der Waals surface area contributed by atoms with Crippen molar-refractivity contribution in [2.75, 3.05) is 41.5 Å². The van der Waals surface area contributed by atoms with E-state index in [1.165, 1.54) is 0 Å². The van der Waals surface area contributed by atoms with Crippen molar-refractivity contribution in [1.29, 1.82) is 0 Å². The predicted octanol–water partition coefficient (Wildman–Crippen LogP) is 3.79. The molecule has 1 fully saturated rings. The third kappa shape index (κ3) is 4.57. The van der Waals surface area contributed by atoms with Gasteiger partial charge in [0.2, 0.25) is 11.7 Å². The zero-order valence-corrected chi connectivity index (χ0v) is 19.2. The lowest BCUT2D eigenvalue weighted by Gasteiger charge is -2.31. The molecule has 1 saturated heterocycles. The second-order valence-corrected chi connectivity index (χ2v) is 7.69. The van der Waals surface area contributed by atoms with E-state index in [-0.39, 0.29) is 11.8 Å². The molecule has 4 rings (SSSR count). The molecule has 1 aliphatic heterocycles. The van der Waals surface area contributed by atoms with E-state index in [1.54, 1.807) is 58.8 Å². The summed E-state index contributed by atoms with van der Waals surface area (Å²) in [6.07, 6.45) is 1.71. The molecule has 0 saturated carbocycles. The highest BCUT2D eigenvalue weighted by atomic mass is 16.5. The van der Waals surface area contributed by atoms with E-state index in [0.29, 0.717) is 53.4 Å². The van der Waals surface area contributed by atoms with Crippen LogP contribution in [-0.2, 0) is 0 Å². The first-order chi connectivity index (χ1) is 16.1. The Morgan fingerprint density at radius 3 is 2.30 bits per heavy atom. The molecule has 33 heavy (non-hydrogen) atoms. The van der Waals surface area contributed by atoms with Crippen molar-refractivity contribution < 1.29 is 28.3 Å². The van der Waals surface area contributed by atoms with Gasteiger partial charge in [0.15, 0.2) is 23.0 Å². The van der Waals surface area contributed by atoms with Crippen molar-refractivity contribution in [3.63, 3.8) is 0 Å². The number of amides is 1. The third-order valence-corrected chi connectivity index (χ3v) is 5.77. The zero-order chi connectivity index (χ0) is 23.4. The van der Waals surface area contributed by atoms with Crippen molar-refractivity contribution in [3.8, 4) is 34.4 Å². The Morgan fingerprint density at radius 1 is 0.939 bits per heavy atom. The molecular formula is C24H27N3O6. The number of ether oxygens (including phenoxy) is 4. The van der Waals surface area contributed by atoms with Crippen LogP contribution in [-0.4, -0.2) is 62.5 Å². The molecule has 2 aromatic carbocycles. The average Bonchev–Trinajstić information content (AvgIpc) is 3.38. The highest BCUT2D eigenvalue weighted by Gasteiger charge is 2.29. The number of aromatic nitrogens is 2. The molecule has 0 N–H and O–H groups in total. The van der Waals surface area contributed by atoms with E-state index in [0.717, 1.165) is 18.4 Å². The minimum atomic E-state index is -0.0692. The number of methoxy groups -OCH3 is 4. The third-order valence-electron chi connectivity index (χ3n) is 5.77. The van der Waals surface area contributed by atoms with E-state index in [2.05, 4.69) is 10.1 Å². The van der Waals surface area contributed by atoms with Crippen LogP contribution >= 0.6 is 0 Å². The molecule has 1 amide bonds. The molecule has 1 aromatic heterocycles. The van der Waals surface area contributed by atoms with E-state index in [1.807, 2.05) is 11.0 Å². The topological polar surface area (TPSA) is 96.2 Å². The highest BCUT2D eigenvalue weighted by molar-refractivity contribution is 5.95. The van der Waals surface area contributed by atoms with E-state index in [4.69, 9.17) is 23.5 Å². The molecule has 0 aliphatic carbocycles. The largest absolute Gasteiger partial charge is 0.493 e. The maximum absolute atomic E-state index is 13.1. The SMILES string of the molecule is COc1ccc(C(=O)N2CCC[C@H](c3nc(-c4ccc(OC)c(OC)c4)no3)C2)cc1OC. The predicted molar refractivity (Wildman–Crippen MR) is 120 cm³/mol. The van der Waals surface area contributed by atoms with Gasteiger partial charge in [-0.2, -0.15) is 4.98 Å². The van der Waals surface area contributed by atoms with Crippen LogP contribution in [0.1, 0.15) is 35.0 Å². The lowest BCUT2D eigenvalue weighted by atomic mass is 9.97. The molecule has 2 heterocycles. The van der Waals surface area contributed by atoms with Crippen LogP contribution in [0.25, 0.3) is 11.4 Å². The average molecular weight is 453 g/mol. The molecule has 1 aliphatic rings. The number of likely N-dealkylation sites (tertiary alicyclic amines) is 1. The Hall–Kier alpha value is -3.75. The molecule has 0 spiro atoms. The van der Waals surface area contributed by atoms with Crippen molar-refractivity contribution in [1.82, 2.24) is 15.0 Å². The molecule has 1 atom stereocenters. The second kappa shape index (κ2) is 9.81. The summed E-state index contributed by atoms with van der Waals surface area (Å²) in [5, 5.41) is 4.15. The summed E-state index contributed by atoms with van der Waals surface area (Å²) >= 11 is 0. The van der Waals surface area contributed by atoms with Crippen LogP contribution in [0, 0.1) is 0 Å². The number of carbonyl (C=O) groups is 1. The van der Waals surface area contributed by atoms with Crippen LogP contribution in [0.4, 0.5) is 0 Å². The van der Waals surface area contributed by atoms with Gasteiger partial charge in [0, 0.05) is 24.2 Å². The lowest BCUT2D eigenvalue weighted by molar-refractivity contribution is 0.0695. The highest BCUT2D eigenvalue weighted by Crippen LogP contribution is 2.33. The van der Waals surface area contributed by atoms with Crippen molar-refractivity contribution in [2.45, 2.75) is 18.8 Å². The van der Waals surface area contributed by atoms with Gasteiger partial charge in [-0.1, -0.05) is 5.16 Å². The van der Waals surface area contributed by atoms with Crippen molar-refractivity contribution >= 4 is 5.91 Å². The Labute approximate surface area is 192 Å². The second-order valence-electron chi connectivity index (χ2n) is 7.69. The van der Waals surface area contributed by atoms with Crippen LogP contribution in [0.5, 0.6) is 23.0 Å². The fourth-order valence-electron chi connectivity index (χ4n) is 4.01. The number of piperidine rings is 1. The van der Waals surface area contributed by atoms with Gasteiger partial charge in [0.25, 0.3) is 5.91 Å². The number of rotatable bonds is 7. The van der Waals surface area contributed by atoms with Crippen molar-refractivity contribution in [3.05, 3.63) is 47.9 Å². The monoisotopic (exact) mass is 453 g/mol. The molecule has 3 aromatic rings. The summed E-state index contributed by atoms with van der Waals surface area (Å²) in [5.74, 6) is 3.20. The van der Waals surface area contributed by atoms with Crippen LogP contribution in [0.3, 0.4) is 0 Å². The summed E-state index contributed by atoms with van der Waals surface area (Å²) in [5.41, 5.74) is 1.31. The first kappa shape index (κ1) is 22.4. The van der Waals surface area contributed by atoms with Crippen LogP contribution in [0.15, 0.2) is 40.9 Å². The number of benzene rings is 2. The number of nitrogens with zero attached hydrogens (tertiary/aromatic N) is 3. The Kier molecular flexibility index (Phi) is 6.67. The molecule has 0 radical (unpaired) electrons. The zero-order valence-electron chi connectivity index (χ0n) is 19.2. The standard InChI is InChI=1S/C24H27N3O6/c1-29-18-9-7-15(12-20(18)31-3)22-25-23(33-26-22)17-6-5-11-27(14-17)24(28)16-8-10-19(30-2)21(13-16)32-4/h7-10,12-13,17H,5-6,11,14H2,1-4H3/t17-/m0/s1. The molecule has 0 unspecified atom stereocenters.